The van der Waals surface area contributed by atoms with Gasteiger partial charge in [0.1, 0.15) is 0 Å². The zero-order valence-corrected chi connectivity index (χ0v) is 15.4. The van der Waals surface area contributed by atoms with Gasteiger partial charge in [0.2, 0.25) is 0 Å². The molecule has 0 spiro atoms. The third-order valence-electron chi connectivity index (χ3n) is 5.54. The Labute approximate surface area is 151 Å². The second kappa shape index (κ2) is 8.19. The Morgan fingerprint density at radius 2 is 1.96 bits per heavy atom. The Morgan fingerprint density at radius 3 is 2.60 bits per heavy atom. The summed E-state index contributed by atoms with van der Waals surface area (Å²) >= 11 is 0. The molecule has 0 aromatic heterocycles. The summed E-state index contributed by atoms with van der Waals surface area (Å²) in [5.41, 5.74) is 2.73. The summed E-state index contributed by atoms with van der Waals surface area (Å²) in [5.74, 6) is 0.403. The normalized spacial score (nSPS) is 20.3. The van der Waals surface area contributed by atoms with Gasteiger partial charge in [-0.1, -0.05) is 24.3 Å². The molecule has 2 aliphatic rings. The van der Waals surface area contributed by atoms with Crippen molar-refractivity contribution >= 4 is 6.03 Å². The molecule has 5 nitrogen and oxygen atoms in total. The number of aryl methyl sites for hydroxylation is 1. The standard InChI is InChI=1S/C20H31N3O2/c1-15-5-3-4-6-17(15)13-23-11-9-18(10-12-23)21-20(25)22(2)14-19(24)16-7-8-16/h3-6,16,18-19,24H,7-14H2,1-2H3,(H,21,25). The Kier molecular flexibility index (Phi) is 5.97. The zero-order valence-electron chi connectivity index (χ0n) is 15.4. The SMILES string of the molecule is Cc1ccccc1CN1CCC(NC(=O)N(C)CC(O)C2CC2)CC1. The first-order valence-electron chi connectivity index (χ1n) is 9.49. The van der Waals surface area contributed by atoms with Crippen molar-refractivity contribution < 1.29 is 9.90 Å². The van der Waals surface area contributed by atoms with Crippen molar-refractivity contribution in [3.8, 4) is 0 Å². The van der Waals surface area contributed by atoms with Crippen molar-refractivity contribution in [3.05, 3.63) is 35.4 Å². The van der Waals surface area contributed by atoms with E-state index in [0.717, 1.165) is 45.3 Å². The first kappa shape index (κ1) is 18.2. The fourth-order valence-electron chi connectivity index (χ4n) is 3.54. The number of urea groups is 1. The highest BCUT2D eigenvalue weighted by Gasteiger charge is 2.31. The van der Waals surface area contributed by atoms with Crippen LogP contribution in [-0.2, 0) is 6.54 Å². The molecule has 25 heavy (non-hydrogen) atoms. The summed E-state index contributed by atoms with van der Waals surface area (Å²) in [5, 5.41) is 13.1. The molecule has 1 atom stereocenters. The maximum absolute atomic E-state index is 12.3. The van der Waals surface area contributed by atoms with Gasteiger partial charge in [0, 0.05) is 39.3 Å². The van der Waals surface area contributed by atoms with E-state index in [2.05, 4.69) is 41.4 Å². The Balaban J connectivity index is 1.39. The number of benzene rings is 1. The molecule has 1 heterocycles. The molecule has 1 aliphatic heterocycles. The molecule has 138 valence electrons. The molecule has 0 bridgehead atoms. The van der Waals surface area contributed by atoms with Crippen molar-refractivity contribution in [2.24, 2.45) is 5.92 Å². The van der Waals surface area contributed by atoms with Crippen LogP contribution in [-0.4, -0.2) is 59.8 Å². The average Bonchev–Trinajstić information content (AvgIpc) is 3.43. The van der Waals surface area contributed by atoms with Crippen LogP contribution in [0.15, 0.2) is 24.3 Å². The highest BCUT2D eigenvalue weighted by molar-refractivity contribution is 5.74. The monoisotopic (exact) mass is 345 g/mol. The summed E-state index contributed by atoms with van der Waals surface area (Å²) in [6, 6.07) is 8.72. The number of carbonyl (C=O) groups is 1. The molecular formula is C20H31N3O2. The number of amides is 2. The summed E-state index contributed by atoms with van der Waals surface area (Å²) in [7, 11) is 1.77. The highest BCUT2D eigenvalue weighted by atomic mass is 16.3. The predicted molar refractivity (Wildman–Crippen MR) is 99.4 cm³/mol. The number of nitrogens with one attached hydrogen (secondary N) is 1. The van der Waals surface area contributed by atoms with Gasteiger partial charge in [-0.2, -0.15) is 0 Å². The first-order chi connectivity index (χ1) is 12.0. The Bertz CT molecular complexity index is 580. The van der Waals surface area contributed by atoms with Crippen LogP contribution in [0.3, 0.4) is 0 Å². The van der Waals surface area contributed by atoms with Gasteiger partial charge in [-0.05, 0) is 49.7 Å². The van der Waals surface area contributed by atoms with Crippen LogP contribution in [0.4, 0.5) is 4.79 Å². The first-order valence-corrected chi connectivity index (χ1v) is 9.49. The summed E-state index contributed by atoms with van der Waals surface area (Å²) in [6.07, 6.45) is 3.78. The second-order valence-electron chi connectivity index (χ2n) is 7.71. The minimum Gasteiger partial charge on any atom is -0.391 e. The molecule has 0 radical (unpaired) electrons. The van der Waals surface area contributed by atoms with E-state index in [9.17, 15) is 9.90 Å². The molecule has 2 N–H and O–H groups in total. The molecule has 2 fully saturated rings. The van der Waals surface area contributed by atoms with E-state index >= 15 is 0 Å². The molecule has 3 rings (SSSR count). The molecule has 1 aromatic carbocycles. The van der Waals surface area contributed by atoms with E-state index in [1.54, 1.807) is 11.9 Å². The minimum absolute atomic E-state index is 0.0583. The number of rotatable bonds is 6. The van der Waals surface area contributed by atoms with Gasteiger partial charge in [0.25, 0.3) is 0 Å². The topological polar surface area (TPSA) is 55.8 Å². The second-order valence-corrected chi connectivity index (χ2v) is 7.71. The fourth-order valence-corrected chi connectivity index (χ4v) is 3.54. The molecule has 1 saturated heterocycles. The largest absolute Gasteiger partial charge is 0.391 e. The molecule has 1 aliphatic carbocycles. The van der Waals surface area contributed by atoms with Crippen LogP contribution in [0.25, 0.3) is 0 Å². The third-order valence-corrected chi connectivity index (χ3v) is 5.54. The zero-order chi connectivity index (χ0) is 17.8. The number of aliphatic hydroxyl groups is 1. The number of aliphatic hydroxyl groups excluding tert-OH is 1. The van der Waals surface area contributed by atoms with Crippen molar-refractivity contribution in [2.75, 3.05) is 26.7 Å². The minimum atomic E-state index is -0.369. The van der Waals surface area contributed by atoms with Crippen LogP contribution < -0.4 is 5.32 Å². The van der Waals surface area contributed by atoms with Gasteiger partial charge in [0.05, 0.1) is 6.10 Å². The lowest BCUT2D eigenvalue weighted by molar-refractivity contribution is 0.110. The number of likely N-dealkylation sites (N-methyl/N-ethyl adjacent to an activating group) is 1. The quantitative estimate of drug-likeness (QED) is 0.832. The predicted octanol–water partition coefficient (Wildman–Crippen LogP) is 2.37. The Morgan fingerprint density at radius 1 is 1.28 bits per heavy atom. The van der Waals surface area contributed by atoms with Crippen molar-refractivity contribution in [1.82, 2.24) is 15.1 Å². The Hall–Kier alpha value is -1.59. The van der Waals surface area contributed by atoms with Crippen molar-refractivity contribution in [3.63, 3.8) is 0 Å². The van der Waals surface area contributed by atoms with E-state index in [0.29, 0.717) is 12.5 Å². The van der Waals surface area contributed by atoms with E-state index < -0.39 is 0 Å². The summed E-state index contributed by atoms with van der Waals surface area (Å²) in [4.78, 5) is 16.4. The molecule has 2 amide bonds. The van der Waals surface area contributed by atoms with Gasteiger partial charge >= 0.3 is 6.03 Å². The number of carbonyl (C=O) groups excluding carboxylic acids is 1. The van der Waals surface area contributed by atoms with Gasteiger partial charge in [0.15, 0.2) is 0 Å². The van der Waals surface area contributed by atoms with E-state index in [4.69, 9.17) is 0 Å². The molecule has 5 heteroatoms. The van der Waals surface area contributed by atoms with Crippen molar-refractivity contribution in [1.29, 1.82) is 0 Å². The average molecular weight is 345 g/mol. The fraction of sp³-hybridized carbons (Fsp3) is 0.650. The summed E-state index contributed by atoms with van der Waals surface area (Å²) < 4.78 is 0. The van der Waals surface area contributed by atoms with E-state index in [1.165, 1.54) is 11.1 Å². The van der Waals surface area contributed by atoms with Gasteiger partial charge in [-0.3, -0.25) is 4.90 Å². The maximum atomic E-state index is 12.3. The molecule has 1 unspecified atom stereocenters. The maximum Gasteiger partial charge on any atom is 0.317 e. The van der Waals surface area contributed by atoms with Gasteiger partial charge in [-0.25, -0.2) is 4.79 Å². The smallest absolute Gasteiger partial charge is 0.317 e. The van der Waals surface area contributed by atoms with Crippen LogP contribution >= 0.6 is 0 Å². The van der Waals surface area contributed by atoms with Crippen molar-refractivity contribution in [2.45, 2.75) is 51.3 Å². The third kappa shape index (κ3) is 5.19. The number of nitrogens with zero attached hydrogens (tertiary/aromatic N) is 2. The van der Waals surface area contributed by atoms with Crippen LogP contribution in [0.2, 0.25) is 0 Å². The van der Waals surface area contributed by atoms with Crippen LogP contribution in [0.1, 0.15) is 36.8 Å². The van der Waals surface area contributed by atoms with Gasteiger partial charge in [-0.15, -0.1) is 0 Å². The van der Waals surface area contributed by atoms with Crippen LogP contribution in [0, 0.1) is 12.8 Å². The summed E-state index contributed by atoms with van der Waals surface area (Å²) in [6.45, 7) is 5.60. The lowest BCUT2D eigenvalue weighted by Gasteiger charge is -2.33. The number of hydrogen-bond acceptors (Lipinski definition) is 3. The highest BCUT2D eigenvalue weighted by Crippen LogP contribution is 2.32. The number of piperidine rings is 1. The molecular weight excluding hydrogens is 314 g/mol. The van der Waals surface area contributed by atoms with Crippen LogP contribution in [0.5, 0.6) is 0 Å². The molecule has 1 saturated carbocycles. The van der Waals surface area contributed by atoms with Gasteiger partial charge < -0.3 is 15.3 Å². The number of likely N-dealkylation sites (tertiary alicyclic amines) is 1. The van der Waals surface area contributed by atoms with E-state index in [1.807, 2.05) is 0 Å². The number of hydrogen-bond donors (Lipinski definition) is 2. The molecule has 1 aromatic rings. The lowest BCUT2D eigenvalue weighted by atomic mass is 10.0. The van der Waals surface area contributed by atoms with E-state index in [-0.39, 0.29) is 18.2 Å². The lowest BCUT2D eigenvalue weighted by Crippen LogP contribution is -2.49.